The van der Waals surface area contributed by atoms with Gasteiger partial charge in [0.1, 0.15) is 5.75 Å². The van der Waals surface area contributed by atoms with Gasteiger partial charge in [-0.2, -0.15) is 0 Å². The fourth-order valence-corrected chi connectivity index (χ4v) is 2.45. The molecule has 0 aliphatic heterocycles. The minimum absolute atomic E-state index is 0.0476. The minimum atomic E-state index is -4.87. The second kappa shape index (κ2) is 7.84. The number of alkyl halides is 3. The van der Waals surface area contributed by atoms with Gasteiger partial charge in [0.05, 0.1) is 17.5 Å². The van der Waals surface area contributed by atoms with E-state index in [4.69, 9.17) is 16.0 Å². The third-order valence-electron chi connectivity index (χ3n) is 3.46. The molecule has 0 radical (unpaired) electrons. The van der Waals surface area contributed by atoms with E-state index in [1.54, 1.807) is 0 Å². The summed E-state index contributed by atoms with van der Waals surface area (Å²) in [6.07, 6.45) is -3.82. The van der Waals surface area contributed by atoms with Gasteiger partial charge in [-0.25, -0.2) is 9.78 Å². The van der Waals surface area contributed by atoms with Crippen LogP contribution >= 0.6 is 11.6 Å². The number of ether oxygens (including phenoxy) is 1. The highest BCUT2D eigenvalue weighted by Crippen LogP contribution is 2.31. The minimum Gasteiger partial charge on any atom is -0.479 e. The van der Waals surface area contributed by atoms with E-state index in [0.29, 0.717) is 0 Å². The number of rotatable bonds is 5. The summed E-state index contributed by atoms with van der Waals surface area (Å²) in [7, 11) is 0. The predicted molar refractivity (Wildman–Crippen MR) is 96.0 cm³/mol. The number of halogens is 4. The molecule has 3 rings (SSSR count). The molecule has 0 unspecified atom stereocenters. The average molecular weight is 427 g/mol. The molecule has 11 heteroatoms. The number of aromatic hydroxyl groups is 1. The fraction of sp³-hybridized carbons (Fsp3) is 0.0556. The largest absolute Gasteiger partial charge is 0.573 e. The van der Waals surface area contributed by atoms with Crippen LogP contribution in [0.2, 0.25) is 5.02 Å². The summed E-state index contributed by atoms with van der Waals surface area (Å²) in [6, 6.07) is 8.81. The van der Waals surface area contributed by atoms with Gasteiger partial charge >= 0.3 is 18.3 Å². The van der Waals surface area contributed by atoms with E-state index in [1.807, 2.05) is 0 Å². The standard InChI is InChI=1S/C18H10ClF3N2O5/c19-10-4-5-13(12(7-10)16(25)26)23-8-14-17(27)28-15(24-14)9-2-1-3-11(6-9)29-18(20,21)22/h1-8,27H,(H,25,26). The molecule has 0 fully saturated rings. The second-order valence-corrected chi connectivity index (χ2v) is 5.95. The van der Waals surface area contributed by atoms with Gasteiger partial charge < -0.3 is 19.4 Å². The number of carboxylic acids is 1. The van der Waals surface area contributed by atoms with E-state index >= 15 is 0 Å². The molecule has 0 bridgehead atoms. The maximum absolute atomic E-state index is 12.4. The highest BCUT2D eigenvalue weighted by atomic mass is 35.5. The Labute approximate surface area is 165 Å². The van der Waals surface area contributed by atoms with Crippen molar-refractivity contribution < 1.29 is 37.3 Å². The fourth-order valence-electron chi connectivity index (χ4n) is 2.28. The maximum atomic E-state index is 12.4. The molecule has 29 heavy (non-hydrogen) atoms. The van der Waals surface area contributed by atoms with Crippen LogP contribution in [0.25, 0.3) is 11.5 Å². The van der Waals surface area contributed by atoms with Crippen LogP contribution in [0.15, 0.2) is 51.9 Å². The normalized spacial score (nSPS) is 11.7. The van der Waals surface area contributed by atoms with Gasteiger partial charge in [0.15, 0.2) is 5.69 Å². The molecule has 2 aromatic carbocycles. The van der Waals surface area contributed by atoms with Crippen molar-refractivity contribution in [3.63, 3.8) is 0 Å². The first kappa shape index (κ1) is 20.2. The monoisotopic (exact) mass is 426 g/mol. The number of nitrogens with zero attached hydrogens (tertiary/aromatic N) is 2. The van der Waals surface area contributed by atoms with Crippen molar-refractivity contribution in [3.05, 3.63) is 58.7 Å². The van der Waals surface area contributed by atoms with E-state index in [0.717, 1.165) is 18.3 Å². The topological polar surface area (TPSA) is 105 Å². The Morgan fingerprint density at radius 3 is 2.69 bits per heavy atom. The molecule has 0 aliphatic rings. The number of oxazole rings is 1. The summed E-state index contributed by atoms with van der Waals surface area (Å²) in [5, 5.41) is 19.3. The lowest BCUT2D eigenvalue weighted by Gasteiger charge is -2.08. The molecule has 0 saturated carbocycles. The van der Waals surface area contributed by atoms with Crippen molar-refractivity contribution in [2.24, 2.45) is 4.99 Å². The van der Waals surface area contributed by atoms with E-state index in [9.17, 15) is 28.2 Å². The lowest BCUT2D eigenvalue weighted by molar-refractivity contribution is -0.274. The van der Waals surface area contributed by atoms with Crippen LogP contribution in [0.4, 0.5) is 18.9 Å². The zero-order valence-electron chi connectivity index (χ0n) is 14.1. The number of carboxylic acid groups (broad SMARTS) is 1. The van der Waals surface area contributed by atoms with Crippen molar-refractivity contribution in [1.82, 2.24) is 4.98 Å². The van der Waals surface area contributed by atoms with Crippen LogP contribution < -0.4 is 4.74 Å². The highest BCUT2D eigenvalue weighted by molar-refractivity contribution is 6.31. The summed E-state index contributed by atoms with van der Waals surface area (Å²) in [5.41, 5.74) is -0.173. The Bertz CT molecular complexity index is 1100. The number of hydrogen-bond donors (Lipinski definition) is 2. The second-order valence-electron chi connectivity index (χ2n) is 5.51. The zero-order chi connectivity index (χ0) is 21.2. The van der Waals surface area contributed by atoms with Gasteiger partial charge in [-0.1, -0.05) is 17.7 Å². The molecular weight excluding hydrogens is 417 g/mol. The van der Waals surface area contributed by atoms with Crippen LogP contribution in [0.1, 0.15) is 16.1 Å². The predicted octanol–water partition coefficient (Wildman–Crippen LogP) is 5.05. The number of aliphatic imine (C=N–C) groups is 1. The summed E-state index contributed by atoms with van der Waals surface area (Å²) in [5.74, 6) is -2.59. The van der Waals surface area contributed by atoms with E-state index in [1.165, 1.54) is 30.3 Å². The third kappa shape index (κ3) is 5.05. The van der Waals surface area contributed by atoms with E-state index in [-0.39, 0.29) is 33.4 Å². The summed E-state index contributed by atoms with van der Waals surface area (Å²) >= 11 is 5.76. The Morgan fingerprint density at radius 2 is 2.00 bits per heavy atom. The van der Waals surface area contributed by atoms with Gasteiger partial charge in [-0.15, -0.1) is 13.2 Å². The van der Waals surface area contributed by atoms with Crippen molar-refractivity contribution >= 4 is 29.5 Å². The number of hydrogen-bond acceptors (Lipinski definition) is 6. The first-order valence-corrected chi connectivity index (χ1v) is 8.13. The van der Waals surface area contributed by atoms with Crippen molar-refractivity contribution in [1.29, 1.82) is 0 Å². The van der Waals surface area contributed by atoms with E-state index in [2.05, 4.69) is 14.7 Å². The molecule has 0 spiro atoms. The first-order valence-electron chi connectivity index (χ1n) is 7.75. The van der Waals surface area contributed by atoms with Gasteiger partial charge in [0.25, 0.3) is 0 Å². The van der Waals surface area contributed by atoms with Crippen molar-refractivity contribution in [3.8, 4) is 23.1 Å². The highest BCUT2D eigenvalue weighted by Gasteiger charge is 2.31. The van der Waals surface area contributed by atoms with Crippen molar-refractivity contribution in [2.75, 3.05) is 0 Å². The van der Waals surface area contributed by atoms with Gasteiger partial charge in [-0.3, -0.25) is 4.99 Å². The SMILES string of the molecule is O=C(O)c1cc(Cl)ccc1N=Cc1nc(-c2cccc(OC(F)(F)F)c2)oc1O. The Kier molecular flexibility index (Phi) is 5.46. The quantitative estimate of drug-likeness (QED) is 0.553. The van der Waals surface area contributed by atoms with Gasteiger partial charge in [0.2, 0.25) is 5.89 Å². The summed E-state index contributed by atoms with van der Waals surface area (Å²) in [4.78, 5) is 19.2. The molecule has 1 heterocycles. The molecule has 1 aromatic heterocycles. The smallest absolute Gasteiger partial charge is 0.479 e. The van der Waals surface area contributed by atoms with Crippen LogP contribution in [0, 0.1) is 0 Å². The molecule has 150 valence electrons. The maximum Gasteiger partial charge on any atom is 0.573 e. The molecule has 0 atom stereocenters. The number of benzene rings is 2. The Morgan fingerprint density at radius 1 is 1.24 bits per heavy atom. The van der Waals surface area contributed by atoms with E-state index < -0.39 is 24.0 Å². The third-order valence-corrected chi connectivity index (χ3v) is 3.70. The first-order chi connectivity index (χ1) is 13.6. The van der Waals surface area contributed by atoms with Gasteiger partial charge in [0, 0.05) is 10.6 Å². The zero-order valence-corrected chi connectivity index (χ0v) is 14.9. The number of aromatic nitrogens is 1. The van der Waals surface area contributed by atoms with Crippen LogP contribution in [-0.4, -0.2) is 33.7 Å². The Hall–Kier alpha value is -3.53. The lowest BCUT2D eigenvalue weighted by Crippen LogP contribution is -2.17. The van der Waals surface area contributed by atoms with Crippen molar-refractivity contribution in [2.45, 2.75) is 6.36 Å². The molecular formula is C18H10ClF3N2O5. The summed E-state index contributed by atoms with van der Waals surface area (Å²) in [6.45, 7) is 0. The Balaban J connectivity index is 1.90. The average Bonchev–Trinajstić information content (AvgIpc) is 3.00. The molecule has 0 saturated heterocycles. The van der Waals surface area contributed by atoms with Crippen LogP contribution in [-0.2, 0) is 0 Å². The van der Waals surface area contributed by atoms with Crippen LogP contribution in [0.3, 0.4) is 0 Å². The van der Waals surface area contributed by atoms with Crippen LogP contribution in [0.5, 0.6) is 11.7 Å². The molecule has 0 aliphatic carbocycles. The lowest BCUT2D eigenvalue weighted by atomic mass is 10.2. The number of aromatic carboxylic acids is 1. The molecule has 7 nitrogen and oxygen atoms in total. The molecule has 0 amide bonds. The summed E-state index contributed by atoms with van der Waals surface area (Å²) < 4.78 is 45.9. The molecule has 3 aromatic rings. The number of carbonyl (C=O) groups is 1. The van der Waals surface area contributed by atoms with Gasteiger partial charge in [-0.05, 0) is 36.4 Å². The molecule has 2 N–H and O–H groups in total.